The van der Waals surface area contributed by atoms with E-state index >= 15 is 0 Å². The summed E-state index contributed by atoms with van der Waals surface area (Å²) in [6.45, 7) is -2.34. The molecule has 1 aliphatic heterocycles. The first-order valence-corrected chi connectivity index (χ1v) is 5.41. The van der Waals surface area contributed by atoms with E-state index in [0.717, 1.165) is 12.3 Å². The summed E-state index contributed by atoms with van der Waals surface area (Å²) in [5.41, 5.74) is -2.79. The number of carbonyl (C=O) groups is 1. The van der Waals surface area contributed by atoms with Crippen molar-refractivity contribution in [3.8, 4) is 5.75 Å². The molecule has 9 heteroatoms. The molecule has 1 aliphatic rings. The normalized spacial score (nSPS) is 17.4. The summed E-state index contributed by atoms with van der Waals surface area (Å²) in [7, 11) is 0. The van der Waals surface area contributed by atoms with Gasteiger partial charge < -0.3 is 14.6 Å². The number of nitrogens with zero attached hydrogens (tertiary/aromatic N) is 1. The third-order valence-corrected chi connectivity index (χ3v) is 2.62. The highest BCUT2D eigenvalue weighted by molar-refractivity contribution is 5.85. The van der Waals surface area contributed by atoms with Gasteiger partial charge in [-0.25, -0.2) is 14.2 Å². The molecule has 5 nitrogen and oxygen atoms in total. The van der Waals surface area contributed by atoms with Gasteiger partial charge in [-0.15, -0.1) is 0 Å². The topological polar surface area (TPSA) is 68.7 Å². The monoisotopic (exact) mass is 295 g/mol. The van der Waals surface area contributed by atoms with E-state index in [1.165, 1.54) is 0 Å². The Bertz CT molecular complexity index is 528. The minimum absolute atomic E-state index is 0.252. The van der Waals surface area contributed by atoms with E-state index in [-0.39, 0.29) is 18.8 Å². The summed E-state index contributed by atoms with van der Waals surface area (Å²) < 4.78 is 59.8. The average molecular weight is 295 g/mol. The number of carboxylic acid groups (broad SMARTS) is 1. The lowest BCUT2D eigenvalue weighted by atomic mass is 9.94. The predicted molar refractivity (Wildman–Crippen MR) is 56.4 cm³/mol. The van der Waals surface area contributed by atoms with E-state index in [4.69, 9.17) is 5.11 Å². The molecule has 0 radical (unpaired) electrons. The van der Waals surface area contributed by atoms with Gasteiger partial charge in [0.2, 0.25) is 0 Å². The second kappa shape index (κ2) is 4.89. The standard InChI is InChI=1S/C11H9F4NO4/c12-10(3-19-4-10)6-2-16-7(9(17)18)1-8(6)20-5-11(13,14)15/h1-2H,3-5H2,(H,17,18). The number of aromatic carboxylic acids is 1. The lowest BCUT2D eigenvalue weighted by molar-refractivity contribution is -0.156. The molecule has 0 amide bonds. The average Bonchev–Trinajstić information content (AvgIpc) is 2.32. The van der Waals surface area contributed by atoms with Crippen molar-refractivity contribution in [3.63, 3.8) is 0 Å². The number of hydrogen-bond acceptors (Lipinski definition) is 4. The third kappa shape index (κ3) is 2.98. The highest BCUT2D eigenvalue weighted by Gasteiger charge is 2.44. The van der Waals surface area contributed by atoms with E-state index in [2.05, 4.69) is 14.5 Å². The summed E-state index contributed by atoms with van der Waals surface area (Å²) in [4.78, 5) is 14.2. The molecule has 0 spiro atoms. The van der Waals surface area contributed by atoms with E-state index in [1.54, 1.807) is 0 Å². The minimum Gasteiger partial charge on any atom is -0.484 e. The number of rotatable bonds is 4. The van der Waals surface area contributed by atoms with Gasteiger partial charge in [0.05, 0.1) is 18.8 Å². The SMILES string of the molecule is O=C(O)c1cc(OCC(F)(F)F)c(C2(F)COC2)cn1. The molecule has 110 valence electrons. The summed E-state index contributed by atoms with van der Waals surface area (Å²) in [5.74, 6) is -1.95. The van der Waals surface area contributed by atoms with Crippen molar-refractivity contribution >= 4 is 5.97 Å². The number of aromatic nitrogens is 1. The van der Waals surface area contributed by atoms with Gasteiger partial charge in [-0.05, 0) is 0 Å². The molecule has 0 bridgehead atoms. The van der Waals surface area contributed by atoms with Crippen molar-refractivity contribution in [1.82, 2.24) is 4.98 Å². The van der Waals surface area contributed by atoms with Gasteiger partial charge in [-0.2, -0.15) is 13.2 Å². The molecule has 0 unspecified atom stereocenters. The zero-order chi connectivity index (χ0) is 15.0. The van der Waals surface area contributed by atoms with Crippen LogP contribution in [0.4, 0.5) is 17.6 Å². The molecule has 0 saturated carbocycles. The molecular formula is C11H9F4NO4. The van der Waals surface area contributed by atoms with E-state index < -0.39 is 35.9 Å². The zero-order valence-corrected chi connectivity index (χ0v) is 9.91. The number of hydrogen-bond donors (Lipinski definition) is 1. The highest BCUT2D eigenvalue weighted by Crippen LogP contribution is 2.39. The number of pyridine rings is 1. The summed E-state index contributed by atoms with van der Waals surface area (Å²) in [5, 5.41) is 8.74. The van der Waals surface area contributed by atoms with E-state index in [9.17, 15) is 22.4 Å². The molecule has 2 rings (SSSR count). The first-order valence-electron chi connectivity index (χ1n) is 5.41. The van der Waals surface area contributed by atoms with Crippen LogP contribution >= 0.6 is 0 Å². The molecule has 0 aliphatic carbocycles. The summed E-state index contributed by atoms with van der Waals surface area (Å²) in [6, 6.07) is 0.767. The van der Waals surface area contributed by atoms with Crippen LogP contribution in [0.25, 0.3) is 0 Å². The fraction of sp³-hybridized carbons (Fsp3) is 0.455. The molecule has 1 fully saturated rings. The molecule has 1 saturated heterocycles. The number of alkyl halides is 4. The third-order valence-electron chi connectivity index (χ3n) is 2.62. The van der Waals surface area contributed by atoms with Crippen LogP contribution in [-0.4, -0.2) is 42.1 Å². The van der Waals surface area contributed by atoms with E-state index in [0.29, 0.717) is 0 Å². The first-order chi connectivity index (χ1) is 9.21. The van der Waals surface area contributed by atoms with Crippen LogP contribution in [0, 0.1) is 0 Å². The van der Waals surface area contributed by atoms with Gasteiger partial charge in [0.25, 0.3) is 0 Å². The smallest absolute Gasteiger partial charge is 0.422 e. The molecule has 1 aromatic rings. The van der Waals surface area contributed by atoms with Crippen molar-refractivity contribution in [2.75, 3.05) is 19.8 Å². The van der Waals surface area contributed by atoms with Gasteiger partial charge in [0, 0.05) is 12.3 Å². The zero-order valence-electron chi connectivity index (χ0n) is 9.91. The van der Waals surface area contributed by atoms with Crippen LogP contribution in [0.5, 0.6) is 5.75 Å². The molecule has 0 aromatic carbocycles. The van der Waals surface area contributed by atoms with E-state index in [1.807, 2.05) is 0 Å². The Morgan fingerprint density at radius 1 is 1.50 bits per heavy atom. The van der Waals surface area contributed by atoms with Crippen LogP contribution < -0.4 is 4.74 Å². The minimum atomic E-state index is -4.62. The Labute approximate surface area is 110 Å². The number of carboxylic acids is 1. The molecule has 0 atom stereocenters. The van der Waals surface area contributed by atoms with Crippen LogP contribution in [0.2, 0.25) is 0 Å². The second-order valence-corrected chi connectivity index (χ2v) is 4.23. The Morgan fingerprint density at radius 2 is 2.15 bits per heavy atom. The number of halogens is 4. The maximum atomic E-state index is 14.2. The van der Waals surface area contributed by atoms with Gasteiger partial charge in [0.1, 0.15) is 5.75 Å². The molecular weight excluding hydrogens is 286 g/mol. The Morgan fingerprint density at radius 3 is 2.60 bits per heavy atom. The van der Waals surface area contributed by atoms with Crippen molar-refractivity contribution in [3.05, 3.63) is 23.5 Å². The van der Waals surface area contributed by atoms with Crippen LogP contribution in [0.15, 0.2) is 12.3 Å². The van der Waals surface area contributed by atoms with Gasteiger partial charge in [0.15, 0.2) is 18.0 Å². The predicted octanol–water partition coefficient (Wildman–Crippen LogP) is 1.92. The largest absolute Gasteiger partial charge is 0.484 e. The highest BCUT2D eigenvalue weighted by atomic mass is 19.4. The molecule has 2 heterocycles. The Hall–Kier alpha value is -1.90. The van der Waals surface area contributed by atoms with Crippen molar-refractivity contribution in [2.45, 2.75) is 11.8 Å². The van der Waals surface area contributed by atoms with Crippen molar-refractivity contribution < 1.29 is 36.9 Å². The molecule has 1 aromatic heterocycles. The van der Waals surface area contributed by atoms with Crippen molar-refractivity contribution in [1.29, 1.82) is 0 Å². The lowest BCUT2D eigenvalue weighted by Crippen LogP contribution is -2.43. The summed E-state index contributed by atoms with van der Waals surface area (Å²) >= 11 is 0. The number of ether oxygens (including phenoxy) is 2. The van der Waals surface area contributed by atoms with Gasteiger partial charge in [-0.1, -0.05) is 0 Å². The first kappa shape index (κ1) is 14.5. The van der Waals surface area contributed by atoms with Gasteiger partial charge >= 0.3 is 12.1 Å². The maximum absolute atomic E-state index is 14.2. The Kier molecular flexibility index (Phi) is 3.55. The lowest BCUT2D eigenvalue weighted by Gasteiger charge is -2.34. The van der Waals surface area contributed by atoms with Crippen LogP contribution in [0.3, 0.4) is 0 Å². The molecule has 20 heavy (non-hydrogen) atoms. The van der Waals surface area contributed by atoms with Crippen LogP contribution in [0.1, 0.15) is 16.1 Å². The summed E-state index contributed by atoms with van der Waals surface area (Å²) in [6.07, 6.45) is -3.76. The molecule has 1 N–H and O–H groups in total. The van der Waals surface area contributed by atoms with Crippen molar-refractivity contribution in [2.24, 2.45) is 0 Å². The fourth-order valence-corrected chi connectivity index (χ4v) is 1.61. The quantitative estimate of drug-likeness (QED) is 0.859. The fourth-order valence-electron chi connectivity index (χ4n) is 1.61. The maximum Gasteiger partial charge on any atom is 0.422 e. The second-order valence-electron chi connectivity index (χ2n) is 4.23. The Balaban J connectivity index is 2.33. The van der Waals surface area contributed by atoms with Crippen LogP contribution in [-0.2, 0) is 10.4 Å². The van der Waals surface area contributed by atoms with Gasteiger partial charge in [-0.3, -0.25) is 0 Å².